The highest BCUT2D eigenvalue weighted by atomic mass is 35.5. The zero-order valence-corrected chi connectivity index (χ0v) is 21.5. The number of carbonyl (C=O) groups is 1. The van der Waals surface area contributed by atoms with Crippen molar-refractivity contribution < 1.29 is 4.79 Å². The minimum atomic E-state index is -0.0266. The number of amides is 1. The first-order valence-corrected chi connectivity index (χ1v) is 13.2. The molecule has 1 heterocycles. The van der Waals surface area contributed by atoms with E-state index in [9.17, 15) is 4.79 Å². The first-order valence-electron chi connectivity index (χ1n) is 11.5. The van der Waals surface area contributed by atoms with E-state index in [2.05, 4.69) is 33.7 Å². The van der Waals surface area contributed by atoms with Crippen molar-refractivity contribution in [2.24, 2.45) is 0 Å². The molecule has 1 N–H and O–H groups in total. The molecule has 5 nitrogen and oxygen atoms in total. The largest absolute Gasteiger partial charge is 0.349 e. The first kappa shape index (κ1) is 23.9. The van der Waals surface area contributed by atoms with Crippen LogP contribution >= 0.6 is 35.0 Å². The van der Waals surface area contributed by atoms with Gasteiger partial charge < -0.3 is 5.32 Å². The van der Waals surface area contributed by atoms with Crippen molar-refractivity contribution in [3.05, 3.63) is 93.5 Å². The number of benzene rings is 3. The van der Waals surface area contributed by atoms with Crippen LogP contribution in [0.3, 0.4) is 0 Å². The minimum absolute atomic E-state index is 0.0266. The molecule has 8 heteroatoms. The van der Waals surface area contributed by atoms with Gasteiger partial charge in [-0.3, -0.25) is 9.36 Å². The fourth-order valence-electron chi connectivity index (χ4n) is 4.37. The topological polar surface area (TPSA) is 59.8 Å². The summed E-state index contributed by atoms with van der Waals surface area (Å²) in [5.74, 6) is 0.865. The second-order valence-corrected chi connectivity index (χ2v) is 10.4. The van der Waals surface area contributed by atoms with Gasteiger partial charge in [0, 0.05) is 15.6 Å². The molecule has 1 aliphatic carbocycles. The molecule has 35 heavy (non-hydrogen) atoms. The zero-order chi connectivity index (χ0) is 24.4. The van der Waals surface area contributed by atoms with Gasteiger partial charge in [0.15, 0.2) is 11.0 Å². The standard InChI is InChI=1S/C27H24Cl2N4OS/c1-17-9-14-21(15-23(17)29)33-26(19-10-12-20(28)13-11-19)31-32-27(33)35-16-25(34)30-24-8-4-6-18-5-2-3-7-22(18)24/h2-3,5,7,9-15,24H,4,6,8,16H2,1H3,(H,30,34). The summed E-state index contributed by atoms with van der Waals surface area (Å²) in [6.07, 6.45) is 3.08. The molecule has 0 bridgehead atoms. The lowest BCUT2D eigenvalue weighted by Gasteiger charge is -2.26. The third-order valence-electron chi connectivity index (χ3n) is 6.19. The second kappa shape index (κ2) is 10.4. The molecule has 1 aromatic heterocycles. The third-order valence-corrected chi connectivity index (χ3v) is 7.77. The van der Waals surface area contributed by atoms with Crippen LogP contribution in [0, 0.1) is 6.92 Å². The maximum Gasteiger partial charge on any atom is 0.230 e. The molecular weight excluding hydrogens is 499 g/mol. The number of hydrogen-bond acceptors (Lipinski definition) is 4. The summed E-state index contributed by atoms with van der Waals surface area (Å²) in [5.41, 5.74) is 5.23. The number of thioether (sulfide) groups is 1. The molecule has 4 aromatic rings. The number of fused-ring (bicyclic) bond motifs is 1. The summed E-state index contributed by atoms with van der Waals surface area (Å²) in [4.78, 5) is 12.9. The van der Waals surface area contributed by atoms with E-state index >= 15 is 0 Å². The Morgan fingerprint density at radius 3 is 2.69 bits per heavy atom. The second-order valence-electron chi connectivity index (χ2n) is 8.58. The lowest BCUT2D eigenvalue weighted by Crippen LogP contribution is -2.32. The highest BCUT2D eigenvalue weighted by molar-refractivity contribution is 7.99. The summed E-state index contributed by atoms with van der Waals surface area (Å²) in [7, 11) is 0. The van der Waals surface area contributed by atoms with Gasteiger partial charge in [0.1, 0.15) is 0 Å². The lowest BCUT2D eigenvalue weighted by molar-refractivity contribution is -0.119. The van der Waals surface area contributed by atoms with Crippen LogP contribution in [0.1, 0.15) is 35.6 Å². The number of carbonyl (C=O) groups excluding carboxylic acids is 1. The Morgan fingerprint density at radius 1 is 1.09 bits per heavy atom. The molecule has 0 saturated heterocycles. The molecule has 5 rings (SSSR count). The quantitative estimate of drug-likeness (QED) is 0.281. The molecule has 178 valence electrons. The Morgan fingerprint density at radius 2 is 1.89 bits per heavy atom. The molecule has 0 fully saturated rings. The Bertz CT molecular complexity index is 1370. The minimum Gasteiger partial charge on any atom is -0.349 e. The molecule has 0 radical (unpaired) electrons. The first-order chi connectivity index (χ1) is 17.0. The van der Waals surface area contributed by atoms with Crippen LogP contribution in [-0.4, -0.2) is 26.4 Å². The fourth-order valence-corrected chi connectivity index (χ4v) is 5.44. The molecule has 3 aromatic carbocycles. The Hall–Kier alpha value is -2.80. The fraction of sp³-hybridized carbons (Fsp3) is 0.222. The van der Waals surface area contributed by atoms with Gasteiger partial charge in [-0.1, -0.05) is 65.3 Å². The molecule has 0 saturated carbocycles. The van der Waals surface area contributed by atoms with Gasteiger partial charge in [-0.05, 0) is 79.3 Å². The van der Waals surface area contributed by atoms with Crippen LogP contribution in [0.2, 0.25) is 10.0 Å². The van der Waals surface area contributed by atoms with Crippen LogP contribution < -0.4 is 5.32 Å². The predicted molar refractivity (Wildman–Crippen MR) is 143 cm³/mol. The normalized spacial score (nSPS) is 15.0. The zero-order valence-electron chi connectivity index (χ0n) is 19.2. The number of aromatic nitrogens is 3. The molecule has 0 aliphatic heterocycles. The van der Waals surface area contributed by atoms with Gasteiger partial charge in [-0.25, -0.2) is 0 Å². The van der Waals surface area contributed by atoms with E-state index in [1.165, 1.54) is 22.9 Å². The van der Waals surface area contributed by atoms with E-state index in [-0.39, 0.29) is 17.7 Å². The smallest absolute Gasteiger partial charge is 0.230 e. The highest BCUT2D eigenvalue weighted by Crippen LogP contribution is 2.32. The van der Waals surface area contributed by atoms with E-state index < -0.39 is 0 Å². The van der Waals surface area contributed by atoms with Crippen LogP contribution in [0.25, 0.3) is 17.1 Å². The molecule has 1 amide bonds. The van der Waals surface area contributed by atoms with Crippen molar-refractivity contribution >= 4 is 40.9 Å². The van der Waals surface area contributed by atoms with Gasteiger partial charge in [0.05, 0.1) is 17.5 Å². The monoisotopic (exact) mass is 522 g/mol. The number of nitrogens with one attached hydrogen (secondary N) is 1. The third kappa shape index (κ3) is 5.25. The molecule has 0 spiro atoms. The van der Waals surface area contributed by atoms with Crippen molar-refractivity contribution in [2.45, 2.75) is 37.4 Å². The summed E-state index contributed by atoms with van der Waals surface area (Å²) in [6.45, 7) is 1.96. The number of nitrogens with zero attached hydrogens (tertiary/aromatic N) is 3. The Labute approximate surface area is 218 Å². The van der Waals surface area contributed by atoms with Crippen LogP contribution in [0.4, 0.5) is 0 Å². The van der Waals surface area contributed by atoms with E-state index in [1.807, 2.05) is 60.0 Å². The van der Waals surface area contributed by atoms with E-state index in [0.29, 0.717) is 21.0 Å². The lowest BCUT2D eigenvalue weighted by atomic mass is 9.88. The van der Waals surface area contributed by atoms with Gasteiger partial charge in [0.2, 0.25) is 5.91 Å². The maximum atomic E-state index is 12.9. The van der Waals surface area contributed by atoms with Crippen molar-refractivity contribution in [1.82, 2.24) is 20.1 Å². The molecule has 1 aliphatic rings. The predicted octanol–water partition coefficient (Wildman–Crippen LogP) is 6.84. The number of hydrogen-bond donors (Lipinski definition) is 1. The van der Waals surface area contributed by atoms with E-state index in [4.69, 9.17) is 23.2 Å². The van der Waals surface area contributed by atoms with Crippen molar-refractivity contribution in [3.63, 3.8) is 0 Å². The SMILES string of the molecule is Cc1ccc(-n2c(SCC(=O)NC3CCCc4ccccc43)nnc2-c2ccc(Cl)cc2)cc1Cl. The summed E-state index contributed by atoms with van der Waals surface area (Å²) in [6, 6.07) is 21.7. The summed E-state index contributed by atoms with van der Waals surface area (Å²) < 4.78 is 1.93. The van der Waals surface area contributed by atoms with E-state index in [0.717, 1.165) is 36.1 Å². The average molecular weight is 523 g/mol. The molecular formula is C27H24Cl2N4OS. The van der Waals surface area contributed by atoms with E-state index in [1.54, 1.807) is 0 Å². The van der Waals surface area contributed by atoms with Crippen LogP contribution in [0.5, 0.6) is 0 Å². The van der Waals surface area contributed by atoms with Crippen molar-refractivity contribution in [3.8, 4) is 17.1 Å². The molecule has 1 unspecified atom stereocenters. The van der Waals surface area contributed by atoms with Gasteiger partial charge in [-0.15, -0.1) is 10.2 Å². The highest BCUT2D eigenvalue weighted by Gasteiger charge is 2.23. The maximum absolute atomic E-state index is 12.9. The van der Waals surface area contributed by atoms with Crippen molar-refractivity contribution in [2.75, 3.05) is 5.75 Å². The molecule has 1 atom stereocenters. The number of rotatable bonds is 6. The number of aryl methyl sites for hydroxylation is 2. The summed E-state index contributed by atoms with van der Waals surface area (Å²) >= 11 is 13.9. The summed E-state index contributed by atoms with van der Waals surface area (Å²) in [5, 5.41) is 14.0. The Balaban J connectivity index is 1.39. The number of halogens is 2. The van der Waals surface area contributed by atoms with Gasteiger partial charge in [-0.2, -0.15) is 0 Å². The van der Waals surface area contributed by atoms with Crippen LogP contribution in [0.15, 0.2) is 71.9 Å². The van der Waals surface area contributed by atoms with Crippen molar-refractivity contribution in [1.29, 1.82) is 0 Å². The average Bonchev–Trinajstić information content (AvgIpc) is 3.29. The van der Waals surface area contributed by atoms with Gasteiger partial charge in [0.25, 0.3) is 0 Å². The van der Waals surface area contributed by atoms with Gasteiger partial charge >= 0.3 is 0 Å². The van der Waals surface area contributed by atoms with Crippen LogP contribution in [-0.2, 0) is 11.2 Å². The Kier molecular flexibility index (Phi) is 7.14.